The van der Waals surface area contributed by atoms with Crippen LogP contribution in [0.1, 0.15) is 49.9 Å². The van der Waals surface area contributed by atoms with E-state index in [-0.39, 0.29) is 11.3 Å². The van der Waals surface area contributed by atoms with Gasteiger partial charge in [-0.1, -0.05) is 13.8 Å². The summed E-state index contributed by atoms with van der Waals surface area (Å²) in [5, 5.41) is 7.60. The molecule has 3 rings (SSSR count). The number of benzene rings is 1. The summed E-state index contributed by atoms with van der Waals surface area (Å²) < 4.78 is 0. The van der Waals surface area contributed by atoms with Gasteiger partial charge in [0.2, 0.25) is 5.91 Å². The van der Waals surface area contributed by atoms with E-state index in [1.165, 1.54) is 21.1 Å². The van der Waals surface area contributed by atoms with Crippen molar-refractivity contribution in [3.8, 4) is 0 Å². The molecule has 0 saturated carbocycles. The minimum absolute atomic E-state index is 0.00450. The number of thioether (sulfide) groups is 1. The van der Waals surface area contributed by atoms with Crippen LogP contribution in [0.5, 0.6) is 0 Å². The molecule has 0 radical (unpaired) electrons. The molecule has 1 aliphatic rings. The van der Waals surface area contributed by atoms with Crippen LogP contribution in [0.15, 0.2) is 35.3 Å². The Morgan fingerprint density at radius 3 is 2.52 bits per heavy atom. The summed E-state index contributed by atoms with van der Waals surface area (Å²) in [5.41, 5.74) is 3.21. The zero-order valence-electron chi connectivity index (χ0n) is 17.6. The first kappa shape index (κ1) is 21.7. The highest BCUT2D eigenvalue weighted by Gasteiger charge is 2.24. The van der Waals surface area contributed by atoms with Gasteiger partial charge in [-0.3, -0.25) is 9.79 Å². The summed E-state index contributed by atoms with van der Waals surface area (Å²) in [4.78, 5) is 20.9. The molecule has 5 nitrogen and oxygen atoms in total. The third kappa shape index (κ3) is 5.34. The number of amides is 1. The first-order chi connectivity index (χ1) is 14.1. The van der Waals surface area contributed by atoms with Gasteiger partial charge in [0, 0.05) is 41.3 Å². The van der Waals surface area contributed by atoms with Crippen molar-refractivity contribution < 1.29 is 4.79 Å². The van der Waals surface area contributed by atoms with E-state index in [1.807, 2.05) is 12.1 Å². The maximum absolute atomic E-state index is 12.5. The summed E-state index contributed by atoms with van der Waals surface area (Å²) in [6, 6.07) is 10.3. The molecule has 2 aromatic rings. The van der Waals surface area contributed by atoms with Crippen molar-refractivity contribution in [2.45, 2.75) is 45.9 Å². The molecule has 0 bridgehead atoms. The third-order valence-corrected chi connectivity index (χ3v) is 7.26. The van der Waals surface area contributed by atoms with Crippen LogP contribution in [0, 0.1) is 0 Å². The van der Waals surface area contributed by atoms with E-state index in [9.17, 15) is 4.79 Å². The summed E-state index contributed by atoms with van der Waals surface area (Å²) in [5.74, 6) is 1.37. The van der Waals surface area contributed by atoms with Gasteiger partial charge < -0.3 is 15.5 Å². The van der Waals surface area contributed by atoms with E-state index < -0.39 is 0 Å². The normalized spacial score (nSPS) is 15.3. The van der Waals surface area contributed by atoms with E-state index in [0.717, 1.165) is 37.5 Å². The Labute approximate surface area is 182 Å². The van der Waals surface area contributed by atoms with Gasteiger partial charge in [-0.05, 0) is 50.6 Å². The van der Waals surface area contributed by atoms with Crippen LogP contribution in [0.3, 0.4) is 0 Å². The monoisotopic (exact) mass is 430 g/mol. The predicted molar refractivity (Wildman–Crippen MR) is 129 cm³/mol. The Morgan fingerprint density at radius 2 is 1.90 bits per heavy atom. The van der Waals surface area contributed by atoms with E-state index in [0.29, 0.717) is 5.75 Å². The van der Waals surface area contributed by atoms with Gasteiger partial charge in [0.25, 0.3) is 0 Å². The van der Waals surface area contributed by atoms with E-state index in [1.54, 1.807) is 23.1 Å². The van der Waals surface area contributed by atoms with Crippen molar-refractivity contribution in [1.29, 1.82) is 0 Å². The molecule has 0 fully saturated rings. The minimum Gasteiger partial charge on any atom is -0.372 e. The molecule has 2 heterocycles. The molecule has 1 aliphatic heterocycles. The molecular formula is C22H30N4OS2. The fourth-order valence-corrected chi connectivity index (χ4v) is 5.36. The van der Waals surface area contributed by atoms with Crippen molar-refractivity contribution in [3.05, 3.63) is 40.8 Å². The van der Waals surface area contributed by atoms with Crippen LogP contribution >= 0.6 is 23.1 Å². The smallest absolute Gasteiger partial charge is 0.234 e. The Bertz CT molecular complexity index is 856. The van der Waals surface area contributed by atoms with E-state index in [2.05, 4.69) is 61.4 Å². The largest absolute Gasteiger partial charge is 0.372 e. The number of nitrogens with zero attached hydrogens (tertiary/aromatic N) is 2. The molecule has 2 N–H and O–H groups in total. The fraction of sp³-hybridized carbons (Fsp3) is 0.455. The summed E-state index contributed by atoms with van der Waals surface area (Å²) in [6.07, 6.45) is 1.88. The first-order valence-corrected chi connectivity index (χ1v) is 12.2. The Hall–Kier alpha value is -1.99. The lowest BCUT2D eigenvalue weighted by molar-refractivity contribution is -0.113. The second-order valence-electron chi connectivity index (χ2n) is 6.84. The highest BCUT2D eigenvalue weighted by molar-refractivity contribution is 8.00. The molecule has 29 heavy (non-hydrogen) atoms. The van der Waals surface area contributed by atoms with Crippen LogP contribution in [-0.4, -0.2) is 30.6 Å². The van der Waals surface area contributed by atoms with E-state index in [4.69, 9.17) is 4.99 Å². The molecule has 1 atom stereocenters. The lowest BCUT2D eigenvalue weighted by atomic mass is 10.2. The average Bonchev–Trinajstić information content (AvgIpc) is 3.17. The number of amidine groups is 1. The average molecular weight is 431 g/mol. The Morgan fingerprint density at radius 1 is 1.17 bits per heavy atom. The SMILES string of the molecule is CCC1=NC(SCC(=O)Nc2ccc(N(CC)CC)cc2)c2cc(CC)sc2N1. The molecule has 156 valence electrons. The summed E-state index contributed by atoms with van der Waals surface area (Å²) in [6.45, 7) is 10.5. The fourth-order valence-electron chi connectivity index (χ4n) is 3.29. The molecule has 0 saturated heterocycles. The van der Waals surface area contributed by atoms with Crippen molar-refractivity contribution in [2.24, 2.45) is 4.99 Å². The zero-order chi connectivity index (χ0) is 20.8. The van der Waals surface area contributed by atoms with Gasteiger partial charge in [-0.25, -0.2) is 0 Å². The highest BCUT2D eigenvalue weighted by Crippen LogP contribution is 2.43. The summed E-state index contributed by atoms with van der Waals surface area (Å²) in [7, 11) is 0. The number of hydrogen-bond acceptors (Lipinski definition) is 6. The van der Waals surface area contributed by atoms with Gasteiger partial charge in [-0.2, -0.15) is 0 Å². The number of thiophene rings is 1. The van der Waals surface area contributed by atoms with Gasteiger partial charge >= 0.3 is 0 Å². The van der Waals surface area contributed by atoms with Crippen molar-refractivity contribution >= 4 is 51.2 Å². The number of aliphatic imine (C=N–C) groups is 1. The van der Waals surface area contributed by atoms with E-state index >= 15 is 0 Å². The second kappa shape index (κ2) is 10.2. The number of fused-ring (bicyclic) bond motifs is 1. The van der Waals surface area contributed by atoms with Crippen LogP contribution in [0.2, 0.25) is 0 Å². The summed E-state index contributed by atoms with van der Waals surface area (Å²) >= 11 is 3.38. The van der Waals surface area contributed by atoms with Crippen LogP contribution in [0.4, 0.5) is 16.4 Å². The molecule has 7 heteroatoms. The first-order valence-electron chi connectivity index (χ1n) is 10.3. The van der Waals surface area contributed by atoms with Gasteiger partial charge in [0.15, 0.2) is 0 Å². The van der Waals surface area contributed by atoms with Crippen LogP contribution < -0.4 is 15.5 Å². The van der Waals surface area contributed by atoms with Gasteiger partial charge in [0.05, 0.1) is 5.75 Å². The maximum Gasteiger partial charge on any atom is 0.234 e. The number of hydrogen-bond donors (Lipinski definition) is 2. The number of anilines is 3. The molecular weight excluding hydrogens is 400 g/mol. The third-order valence-electron chi connectivity index (χ3n) is 4.94. The Kier molecular flexibility index (Phi) is 7.61. The molecule has 0 aliphatic carbocycles. The van der Waals surface area contributed by atoms with Gasteiger partial charge in [-0.15, -0.1) is 23.1 Å². The highest BCUT2D eigenvalue weighted by atomic mass is 32.2. The maximum atomic E-state index is 12.5. The quantitative estimate of drug-likeness (QED) is 0.531. The molecule has 1 unspecified atom stereocenters. The number of rotatable bonds is 9. The van der Waals surface area contributed by atoms with Gasteiger partial charge in [0.1, 0.15) is 16.2 Å². The topological polar surface area (TPSA) is 56.7 Å². The minimum atomic E-state index is -0.0199. The second-order valence-corrected chi connectivity index (χ2v) is 9.04. The molecule has 0 spiro atoms. The zero-order valence-corrected chi connectivity index (χ0v) is 19.3. The van der Waals surface area contributed by atoms with Crippen LogP contribution in [0.25, 0.3) is 0 Å². The number of nitrogens with one attached hydrogen (secondary N) is 2. The molecule has 1 aromatic heterocycles. The van der Waals surface area contributed by atoms with Crippen molar-refractivity contribution in [2.75, 3.05) is 34.4 Å². The molecule has 1 aromatic carbocycles. The molecule has 1 amide bonds. The standard InChI is InChI=1S/C22H30N4OS2/c1-5-17-13-18-21(24-19(6-2)25-22(18)29-17)28-14-20(27)23-15-9-11-16(12-10-15)26(7-3)8-4/h9-13,21H,5-8,14H2,1-4H3,(H,23,27)(H,24,25). The van der Waals surface area contributed by atoms with Crippen molar-refractivity contribution in [3.63, 3.8) is 0 Å². The Balaban J connectivity index is 1.60. The lowest BCUT2D eigenvalue weighted by Gasteiger charge is -2.22. The number of aryl methyl sites for hydroxylation is 1. The van der Waals surface area contributed by atoms with Crippen LogP contribution in [-0.2, 0) is 11.2 Å². The van der Waals surface area contributed by atoms with Crippen molar-refractivity contribution in [1.82, 2.24) is 0 Å². The lowest BCUT2D eigenvalue weighted by Crippen LogP contribution is -2.21. The number of carbonyl (C=O) groups excluding carboxylic acids is 1. The number of carbonyl (C=O) groups is 1. The predicted octanol–water partition coefficient (Wildman–Crippen LogP) is 5.76.